The van der Waals surface area contributed by atoms with Crippen molar-refractivity contribution in [3.05, 3.63) is 63.7 Å². The topological polar surface area (TPSA) is 64.4 Å². The van der Waals surface area contributed by atoms with E-state index in [-0.39, 0.29) is 10.6 Å². The zero-order chi connectivity index (χ0) is 15.2. The van der Waals surface area contributed by atoms with Gasteiger partial charge < -0.3 is 10.1 Å². The molecule has 0 aliphatic rings. The van der Waals surface area contributed by atoms with Gasteiger partial charge in [-0.05, 0) is 37.1 Å². The van der Waals surface area contributed by atoms with E-state index in [9.17, 15) is 10.1 Å². The molecule has 0 fully saturated rings. The monoisotopic (exact) mass is 286 g/mol. The molecule has 2 aromatic carbocycles. The van der Waals surface area contributed by atoms with Crippen molar-refractivity contribution < 1.29 is 9.66 Å². The molecular formula is C16H18N2O3. The van der Waals surface area contributed by atoms with Crippen LogP contribution in [0.25, 0.3) is 0 Å². The van der Waals surface area contributed by atoms with Gasteiger partial charge in [0, 0.05) is 23.9 Å². The molecule has 2 aromatic rings. The summed E-state index contributed by atoms with van der Waals surface area (Å²) in [6.45, 7) is 2.61. The average Bonchev–Trinajstić information content (AvgIpc) is 2.48. The molecule has 0 radical (unpaired) electrons. The summed E-state index contributed by atoms with van der Waals surface area (Å²) in [5, 5.41) is 14.2. The van der Waals surface area contributed by atoms with Crippen molar-refractivity contribution >= 4 is 11.4 Å². The van der Waals surface area contributed by atoms with Crippen LogP contribution in [0.15, 0.2) is 42.5 Å². The molecule has 1 N–H and O–H groups in total. The Kier molecular flexibility index (Phi) is 4.77. The Morgan fingerprint density at radius 1 is 1.24 bits per heavy atom. The van der Waals surface area contributed by atoms with Crippen molar-refractivity contribution in [1.29, 1.82) is 0 Å². The van der Waals surface area contributed by atoms with E-state index in [1.807, 2.05) is 31.2 Å². The van der Waals surface area contributed by atoms with Crippen molar-refractivity contribution in [1.82, 2.24) is 0 Å². The summed E-state index contributed by atoms with van der Waals surface area (Å²) in [5.74, 6) is 0.847. The lowest BCUT2D eigenvalue weighted by atomic mass is 10.1. The van der Waals surface area contributed by atoms with Gasteiger partial charge in [0.25, 0.3) is 5.69 Å². The van der Waals surface area contributed by atoms with Gasteiger partial charge in [-0.15, -0.1) is 0 Å². The summed E-state index contributed by atoms with van der Waals surface area (Å²) in [7, 11) is 1.64. The van der Waals surface area contributed by atoms with Crippen LogP contribution >= 0.6 is 0 Å². The molecule has 0 saturated carbocycles. The SMILES string of the molecule is COc1ccc(NCCc2ccccc2[N+](=O)[O-])cc1C. The molecular weight excluding hydrogens is 268 g/mol. The van der Waals surface area contributed by atoms with Crippen LogP contribution in [0.3, 0.4) is 0 Å². The predicted molar refractivity (Wildman–Crippen MR) is 83.0 cm³/mol. The van der Waals surface area contributed by atoms with Crippen LogP contribution in [0.4, 0.5) is 11.4 Å². The molecule has 0 saturated heterocycles. The van der Waals surface area contributed by atoms with E-state index < -0.39 is 0 Å². The van der Waals surface area contributed by atoms with Crippen LogP contribution in [-0.2, 0) is 6.42 Å². The first-order chi connectivity index (χ1) is 10.1. The highest BCUT2D eigenvalue weighted by Gasteiger charge is 2.11. The zero-order valence-electron chi connectivity index (χ0n) is 12.1. The number of aryl methyl sites for hydroxylation is 1. The van der Waals surface area contributed by atoms with Crippen LogP contribution < -0.4 is 10.1 Å². The fourth-order valence-electron chi connectivity index (χ4n) is 2.23. The van der Waals surface area contributed by atoms with Gasteiger partial charge in [0.15, 0.2) is 0 Å². The number of ether oxygens (including phenoxy) is 1. The highest BCUT2D eigenvalue weighted by Crippen LogP contribution is 2.22. The second-order valence-corrected chi connectivity index (χ2v) is 4.75. The standard InChI is InChI=1S/C16H18N2O3/c1-12-11-14(7-8-16(12)21-2)17-10-9-13-5-3-4-6-15(13)18(19)20/h3-8,11,17H,9-10H2,1-2H3. The van der Waals surface area contributed by atoms with Crippen molar-refractivity contribution in [2.45, 2.75) is 13.3 Å². The largest absolute Gasteiger partial charge is 0.496 e. The number of hydrogen-bond donors (Lipinski definition) is 1. The predicted octanol–water partition coefficient (Wildman–Crippen LogP) is 3.57. The molecule has 0 unspecified atom stereocenters. The minimum atomic E-state index is -0.340. The minimum absolute atomic E-state index is 0.171. The zero-order valence-corrected chi connectivity index (χ0v) is 12.1. The number of methoxy groups -OCH3 is 1. The number of nitrogens with one attached hydrogen (secondary N) is 1. The maximum absolute atomic E-state index is 10.9. The number of nitrogens with zero attached hydrogens (tertiary/aromatic N) is 1. The van der Waals surface area contributed by atoms with Crippen LogP contribution in [0, 0.1) is 17.0 Å². The number of nitro groups is 1. The number of para-hydroxylation sites is 1. The number of rotatable bonds is 6. The lowest BCUT2D eigenvalue weighted by Gasteiger charge is -2.10. The smallest absolute Gasteiger partial charge is 0.272 e. The van der Waals surface area contributed by atoms with Gasteiger partial charge in [-0.1, -0.05) is 18.2 Å². The maximum Gasteiger partial charge on any atom is 0.272 e. The molecule has 0 aliphatic carbocycles. The molecule has 0 amide bonds. The van der Waals surface area contributed by atoms with Gasteiger partial charge in [0.05, 0.1) is 12.0 Å². The van der Waals surface area contributed by atoms with Crippen molar-refractivity contribution in [2.75, 3.05) is 19.0 Å². The van der Waals surface area contributed by atoms with E-state index in [0.29, 0.717) is 13.0 Å². The van der Waals surface area contributed by atoms with Gasteiger partial charge in [0.2, 0.25) is 0 Å². The van der Waals surface area contributed by atoms with E-state index in [4.69, 9.17) is 4.74 Å². The van der Waals surface area contributed by atoms with Gasteiger partial charge in [-0.2, -0.15) is 0 Å². The Morgan fingerprint density at radius 3 is 2.67 bits per heavy atom. The Balaban J connectivity index is 1.99. The molecule has 0 bridgehead atoms. The number of nitro benzene ring substituents is 1. The molecule has 0 aliphatic heterocycles. The summed E-state index contributed by atoms with van der Waals surface area (Å²) in [6.07, 6.45) is 0.599. The average molecular weight is 286 g/mol. The van der Waals surface area contributed by atoms with E-state index in [1.165, 1.54) is 6.07 Å². The Bertz CT molecular complexity index is 641. The summed E-state index contributed by atoms with van der Waals surface area (Å²) in [6, 6.07) is 12.7. The van der Waals surface area contributed by atoms with E-state index >= 15 is 0 Å². The Hall–Kier alpha value is -2.56. The highest BCUT2D eigenvalue weighted by molar-refractivity contribution is 5.51. The van der Waals surface area contributed by atoms with Crippen molar-refractivity contribution in [2.24, 2.45) is 0 Å². The third-order valence-corrected chi connectivity index (χ3v) is 3.31. The van der Waals surface area contributed by atoms with E-state index in [1.54, 1.807) is 19.2 Å². The van der Waals surface area contributed by atoms with Gasteiger partial charge in [0.1, 0.15) is 5.75 Å². The minimum Gasteiger partial charge on any atom is -0.496 e. The molecule has 5 nitrogen and oxygen atoms in total. The molecule has 2 rings (SSSR count). The normalized spacial score (nSPS) is 10.2. The van der Waals surface area contributed by atoms with Gasteiger partial charge in [-0.3, -0.25) is 10.1 Å². The molecule has 0 aromatic heterocycles. The Labute approximate surface area is 123 Å². The van der Waals surface area contributed by atoms with Crippen molar-refractivity contribution in [3.8, 4) is 5.75 Å². The first-order valence-corrected chi connectivity index (χ1v) is 6.72. The van der Waals surface area contributed by atoms with Gasteiger partial charge in [-0.25, -0.2) is 0 Å². The molecule has 0 spiro atoms. The number of benzene rings is 2. The number of hydrogen-bond acceptors (Lipinski definition) is 4. The third kappa shape index (κ3) is 3.72. The number of anilines is 1. The molecule has 0 atom stereocenters. The Morgan fingerprint density at radius 2 is 2.00 bits per heavy atom. The van der Waals surface area contributed by atoms with Crippen LogP contribution in [0.1, 0.15) is 11.1 Å². The fraction of sp³-hybridized carbons (Fsp3) is 0.250. The van der Waals surface area contributed by atoms with Crippen molar-refractivity contribution in [3.63, 3.8) is 0 Å². The third-order valence-electron chi connectivity index (χ3n) is 3.31. The second kappa shape index (κ2) is 6.74. The summed E-state index contributed by atoms with van der Waals surface area (Å²) in [4.78, 5) is 10.6. The molecule has 0 heterocycles. The van der Waals surface area contributed by atoms with Crippen LogP contribution in [0.5, 0.6) is 5.75 Å². The van der Waals surface area contributed by atoms with E-state index in [2.05, 4.69) is 5.32 Å². The second-order valence-electron chi connectivity index (χ2n) is 4.75. The molecule has 21 heavy (non-hydrogen) atoms. The summed E-state index contributed by atoms with van der Waals surface area (Å²) < 4.78 is 5.21. The lowest BCUT2D eigenvalue weighted by molar-refractivity contribution is -0.385. The molecule has 5 heteroatoms. The fourth-order valence-corrected chi connectivity index (χ4v) is 2.23. The first kappa shape index (κ1) is 14.8. The van der Waals surface area contributed by atoms with E-state index in [0.717, 1.165) is 22.6 Å². The quantitative estimate of drug-likeness (QED) is 0.651. The maximum atomic E-state index is 10.9. The van der Waals surface area contributed by atoms with Crippen LogP contribution in [0.2, 0.25) is 0 Å². The first-order valence-electron chi connectivity index (χ1n) is 6.72. The summed E-state index contributed by atoms with van der Waals surface area (Å²) >= 11 is 0. The van der Waals surface area contributed by atoms with Crippen LogP contribution in [-0.4, -0.2) is 18.6 Å². The molecule has 110 valence electrons. The summed E-state index contributed by atoms with van der Waals surface area (Å²) in [5.41, 5.74) is 2.94. The van der Waals surface area contributed by atoms with Gasteiger partial charge >= 0.3 is 0 Å². The lowest BCUT2D eigenvalue weighted by Crippen LogP contribution is -2.06. The highest BCUT2D eigenvalue weighted by atomic mass is 16.6.